The fourth-order valence-electron chi connectivity index (χ4n) is 3.50. The monoisotopic (exact) mass is 283 g/mol. The van der Waals surface area contributed by atoms with Crippen LogP contribution in [0.3, 0.4) is 0 Å². The lowest BCUT2D eigenvalue weighted by Gasteiger charge is -2.37. The van der Waals surface area contributed by atoms with Gasteiger partial charge in [0.2, 0.25) is 0 Å². The van der Waals surface area contributed by atoms with Gasteiger partial charge in [-0.05, 0) is 49.4 Å². The van der Waals surface area contributed by atoms with Gasteiger partial charge < -0.3 is 5.32 Å². The summed E-state index contributed by atoms with van der Waals surface area (Å²) in [6, 6.07) is 11.7. The third-order valence-electron chi connectivity index (χ3n) is 4.54. The lowest BCUT2D eigenvalue weighted by molar-refractivity contribution is 0.278. The fraction of sp³-hybridized carbons (Fsp3) is 0.500. The Morgan fingerprint density at radius 3 is 2.67 bits per heavy atom. The summed E-state index contributed by atoms with van der Waals surface area (Å²) in [5.74, 6) is 0.579. The van der Waals surface area contributed by atoms with Crippen molar-refractivity contribution >= 4 is 0 Å². The van der Waals surface area contributed by atoms with Crippen LogP contribution in [-0.2, 0) is 0 Å². The minimum absolute atomic E-state index is 0.358. The second-order valence-corrected chi connectivity index (χ2v) is 6.20. The summed E-state index contributed by atoms with van der Waals surface area (Å²) in [4.78, 5) is 0. The van der Waals surface area contributed by atoms with Crippen LogP contribution < -0.4 is 5.32 Å². The van der Waals surface area contributed by atoms with Gasteiger partial charge in [-0.25, -0.2) is 0 Å². The fourth-order valence-corrected chi connectivity index (χ4v) is 3.50. The summed E-state index contributed by atoms with van der Waals surface area (Å²) in [6.45, 7) is 7.66. The molecule has 0 aliphatic heterocycles. The van der Waals surface area contributed by atoms with Crippen molar-refractivity contribution in [3.8, 4) is 0 Å². The number of benzene rings is 1. The minimum Gasteiger partial charge on any atom is -0.308 e. The van der Waals surface area contributed by atoms with Gasteiger partial charge in [-0.3, -0.25) is 4.68 Å². The topological polar surface area (TPSA) is 29.9 Å². The lowest BCUT2D eigenvalue weighted by Crippen LogP contribution is -2.35. The highest BCUT2D eigenvalue weighted by Gasteiger charge is 2.34. The Bertz CT molecular complexity index is 602. The zero-order valence-corrected chi connectivity index (χ0v) is 13.2. The van der Waals surface area contributed by atoms with E-state index < -0.39 is 0 Å². The number of rotatable bonds is 4. The van der Waals surface area contributed by atoms with Crippen molar-refractivity contribution in [2.24, 2.45) is 0 Å². The van der Waals surface area contributed by atoms with E-state index in [-0.39, 0.29) is 0 Å². The summed E-state index contributed by atoms with van der Waals surface area (Å²) in [5.41, 5.74) is 4.03. The quantitative estimate of drug-likeness (QED) is 0.919. The summed E-state index contributed by atoms with van der Waals surface area (Å²) < 4.78 is 2.16. The molecular weight excluding hydrogens is 258 g/mol. The van der Waals surface area contributed by atoms with Gasteiger partial charge in [0.25, 0.3) is 0 Å². The van der Waals surface area contributed by atoms with Crippen molar-refractivity contribution in [3.63, 3.8) is 0 Å². The third kappa shape index (κ3) is 2.75. The smallest absolute Gasteiger partial charge is 0.0719 e. The highest BCUT2D eigenvalue weighted by molar-refractivity contribution is 5.36. The lowest BCUT2D eigenvalue weighted by atomic mass is 9.78. The first-order valence-corrected chi connectivity index (χ1v) is 8.04. The average Bonchev–Trinajstić information content (AvgIpc) is 2.93. The number of hydrogen-bond acceptors (Lipinski definition) is 2. The predicted octanol–water partition coefficient (Wildman–Crippen LogP) is 3.98. The highest BCUT2D eigenvalue weighted by Crippen LogP contribution is 2.43. The van der Waals surface area contributed by atoms with E-state index in [1.165, 1.54) is 11.1 Å². The summed E-state index contributed by atoms with van der Waals surface area (Å²) >= 11 is 0. The van der Waals surface area contributed by atoms with Gasteiger partial charge in [-0.2, -0.15) is 5.10 Å². The molecule has 3 nitrogen and oxygen atoms in total. The molecule has 3 unspecified atom stereocenters. The standard InChI is InChI=1S/C18H25N3/c1-4-10-19-18-16-8-6-5-7-15(16)13(2)12-17(18)21-11-9-14(3)20-21/h5-9,11,13,17-19H,4,10,12H2,1-3H3. The Kier molecular flexibility index (Phi) is 4.11. The second-order valence-electron chi connectivity index (χ2n) is 6.20. The van der Waals surface area contributed by atoms with Gasteiger partial charge >= 0.3 is 0 Å². The molecule has 112 valence electrons. The Balaban J connectivity index is 1.99. The summed E-state index contributed by atoms with van der Waals surface area (Å²) in [5, 5.41) is 8.42. The van der Waals surface area contributed by atoms with E-state index >= 15 is 0 Å². The van der Waals surface area contributed by atoms with E-state index in [0.717, 1.165) is 25.1 Å². The van der Waals surface area contributed by atoms with Gasteiger partial charge in [0.05, 0.1) is 17.8 Å². The molecule has 0 amide bonds. The van der Waals surface area contributed by atoms with E-state index in [9.17, 15) is 0 Å². The molecule has 0 saturated heterocycles. The number of aryl methyl sites for hydroxylation is 1. The van der Waals surface area contributed by atoms with Crippen molar-refractivity contribution in [2.45, 2.75) is 51.6 Å². The van der Waals surface area contributed by atoms with Crippen LogP contribution in [0.1, 0.15) is 61.5 Å². The van der Waals surface area contributed by atoms with Crippen LogP contribution in [0.2, 0.25) is 0 Å². The Morgan fingerprint density at radius 2 is 2.00 bits per heavy atom. The molecule has 3 heteroatoms. The number of nitrogens with zero attached hydrogens (tertiary/aromatic N) is 2. The van der Waals surface area contributed by atoms with Crippen LogP contribution in [0.5, 0.6) is 0 Å². The molecule has 1 N–H and O–H groups in total. The average molecular weight is 283 g/mol. The summed E-state index contributed by atoms with van der Waals surface area (Å²) in [7, 11) is 0. The van der Waals surface area contributed by atoms with Gasteiger partial charge in [-0.1, -0.05) is 38.1 Å². The molecule has 3 rings (SSSR count). The third-order valence-corrected chi connectivity index (χ3v) is 4.54. The first kappa shape index (κ1) is 14.3. The van der Waals surface area contributed by atoms with Crippen LogP contribution >= 0.6 is 0 Å². The molecule has 1 aromatic heterocycles. The molecule has 2 aromatic rings. The van der Waals surface area contributed by atoms with Gasteiger partial charge in [0.15, 0.2) is 0 Å². The van der Waals surface area contributed by atoms with E-state index in [2.05, 4.69) is 72.4 Å². The molecule has 3 atom stereocenters. The molecule has 0 bridgehead atoms. The van der Waals surface area contributed by atoms with Crippen LogP contribution in [0.25, 0.3) is 0 Å². The molecule has 1 aromatic carbocycles. The molecule has 1 heterocycles. The summed E-state index contributed by atoms with van der Waals surface area (Å²) in [6.07, 6.45) is 4.42. The maximum Gasteiger partial charge on any atom is 0.0719 e. The second kappa shape index (κ2) is 6.02. The number of nitrogens with one attached hydrogen (secondary N) is 1. The molecule has 0 spiro atoms. The van der Waals surface area contributed by atoms with Crippen LogP contribution in [0.15, 0.2) is 36.5 Å². The van der Waals surface area contributed by atoms with E-state index in [4.69, 9.17) is 0 Å². The van der Waals surface area contributed by atoms with Gasteiger partial charge in [0, 0.05) is 6.20 Å². The molecule has 0 saturated carbocycles. The van der Waals surface area contributed by atoms with Crippen molar-refractivity contribution in [2.75, 3.05) is 6.54 Å². The van der Waals surface area contributed by atoms with E-state index in [1.54, 1.807) is 0 Å². The van der Waals surface area contributed by atoms with E-state index in [0.29, 0.717) is 18.0 Å². The zero-order chi connectivity index (χ0) is 14.8. The molecular formula is C18H25N3. The Morgan fingerprint density at radius 1 is 1.24 bits per heavy atom. The first-order valence-electron chi connectivity index (χ1n) is 8.04. The van der Waals surface area contributed by atoms with Crippen LogP contribution in [-0.4, -0.2) is 16.3 Å². The van der Waals surface area contributed by atoms with Gasteiger partial charge in [-0.15, -0.1) is 0 Å². The molecule has 21 heavy (non-hydrogen) atoms. The maximum absolute atomic E-state index is 4.68. The predicted molar refractivity (Wildman–Crippen MR) is 86.5 cm³/mol. The SMILES string of the molecule is CCCNC1c2ccccc2C(C)CC1n1ccc(C)n1. The number of fused-ring (bicyclic) bond motifs is 1. The van der Waals surface area contributed by atoms with Crippen molar-refractivity contribution in [3.05, 3.63) is 53.3 Å². The Labute approximate surface area is 127 Å². The first-order chi connectivity index (χ1) is 10.2. The van der Waals surface area contributed by atoms with E-state index in [1.807, 2.05) is 0 Å². The normalized spacial score (nSPS) is 24.8. The maximum atomic E-state index is 4.68. The van der Waals surface area contributed by atoms with Crippen molar-refractivity contribution in [1.82, 2.24) is 15.1 Å². The molecule has 1 aliphatic carbocycles. The molecule has 0 fully saturated rings. The van der Waals surface area contributed by atoms with Crippen molar-refractivity contribution < 1.29 is 0 Å². The Hall–Kier alpha value is -1.61. The van der Waals surface area contributed by atoms with Crippen LogP contribution in [0, 0.1) is 6.92 Å². The highest BCUT2D eigenvalue weighted by atomic mass is 15.3. The van der Waals surface area contributed by atoms with Crippen LogP contribution in [0.4, 0.5) is 0 Å². The number of aromatic nitrogens is 2. The minimum atomic E-state index is 0.358. The zero-order valence-electron chi connectivity index (χ0n) is 13.2. The van der Waals surface area contributed by atoms with Crippen molar-refractivity contribution in [1.29, 1.82) is 0 Å². The van der Waals surface area contributed by atoms with Gasteiger partial charge in [0.1, 0.15) is 0 Å². The number of hydrogen-bond donors (Lipinski definition) is 1. The largest absolute Gasteiger partial charge is 0.308 e. The molecule has 1 aliphatic rings. The molecule has 0 radical (unpaired) electrons.